The zero-order chi connectivity index (χ0) is 25.8. The van der Waals surface area contributed by atoms with Crippen LogP contribution in [0.15, 0.2) is 53.7 Å². The van der Waals surface area contributed by atoms with Gasteiger partial charge in [0.25, 0.3) is 5.91 Å². The Morgan fingerprint density at radius 1 is 1.19 bits per heavy atom. The van der Waals surface area contributed by atoms with Crippen LogP contribution < -0.4 is 20.8 Å². The molecule has 9 heteroatoms. The van der Waals surface area contributed by atoms with Crippen LogP contribution in [0.1, 0.15) is 17.0 Å². The number of amides is 1. The molecule has 0 spiro atoms. The van der Waals surface area contributed by atoms with Crippen LogP contribution in [0.5, 0.6) is 5.88 Å². The third-order valence-electron chi connectivity index (χ3n) is 6.90. The van der Waals surface area contributed by atoms with Crippen LogP contribution in [-0.4, -0.2) is 36.9 Å². The number of H-pyrrole nitrogens is 1. The van der Waals surface area contributed by atoms with Gasteiger partial charge in [-0.15, -0.1) is 0 Å². The van der Waals surface area contributed by atoms with Gasteiger partial charge in [-0.2, -0.15) is 5.10 Å². The zero-order valence-electron chi connectivity index (χ0n) is 20.7. The average Bonchev–Trinajstić information content (AvgIpc) is 3.28. The summed E-state index contributed by atoms with van der Waals surface area (Å²) in [6.07, 6.45) is 7.81. The second kappa shape index (κ2) is 8.48. The molecule has 0 radical (unpaired) electrons. The Morgan fingerprint density at radius 3 is 2.70 bits per heavy atom. The van der Waals surface area contributed by atoms with Crippen molar-refractivity contribution in [1.82, 2.24) is 19.3 Å². The normalized spacial score (nSPS) is 14.3. The Morgan fingerprint density at radius 2 is 1.97 bits per heavy atom. The van der Waals surface area contributed by atoms with Crippen molar-refractivity contribution >= 4 is 29.4 Å². The molecule has 0 atom stereocenters. The second-order valence-corrected chi connectivity index (χ2v) is 9.30. The number of hydrogen-bond donors (Lipinski definition) is 2. The molecule has 0 saturated heterocycles. The van der Waals surface area contributed by atoms with Crippen LogP contribution >= 0.6 is 0 Å². The van der Waals surface area contributed by atoms with Gasteiger partial charge in [-0.05, 0) is 61.5 Å². The minimum absolute atomic E-state index is 0.0349. The van der Waals surface area contributed by atoms with Crippen LogP contribution in [0.2, 0.25) is 0 Å². The Labute approximate surface area is 211 Å². The number of benzene rings is 1. The van der Waals surface area contributed by atoms with Crippen LogP contribution in [-0.2, 0) is 25.3 Å². The summed E-state index contributed by atoms with van der Waals surface area (Å²) in [7, 11) is 3.73. The summed E-state index contributed by atoms with van der Waals surface area (Å²) in [6, 6.07) is 10.0. The Bertz CT molecular complexity index is 1790. The predicted molar refractivity (Wildman–Crippen MR) is 139 cm³/mol. The van der Waals surface area contributed by atoms with Crippen molar-refractivity contribution in [2.45, 2.75) is 13.3 Å². The van der Waals surface area contributed by atoms with Crippen molar-refractivity contribution in [3.63, 3.8) is 0 Å². The number of carbonyl (C=O) groups is 1. The molecule has 1 amide bonds. The highest BCUT2D eigenvalue weighted by Crippen LogP contribution is 2.31. The van der Waals surface area contributed by atoms with Gasteiger partial charge in [-0.3, -0.25) is 9.48 Å². The van der Waals surface area contributed by atoms with E-state index in [1.165, 1.54) is 12.1 Å². The molecule has 37 heavy (non-hydrogen) atoms. The number of aromatic nitrogens is 4. The second-order valence-electron chi connectivity index (χ2n) is 9.30. The molecule has 6 rings (SSSR count). The van der Waals surface area contributed by atoms with Crippen LogP contribution in [0.4, 0.5) is 10.1 Å². The van der Waals surface area contributed by atoms with Crippen molar-refractivity contribution in [3.8, 4) is 17.1 Å². The first-order valence-corrected chi connectivity index (χ1v) is 11.9. The lowest BCUT2D eigenvalue weighted by atomic mass is 10.1. The molecular formula is C28H25FN6O2. The Kier molecular flexibility index (Phi) is 5.22. The fraction of sp³-hybridized carbons (Fsp3) is 0.179. The number of rotatable bonds is 3. The first kappa shape index (κ1) is 22.8. The molecule has 8 nitrogen and oxygen atoms in total. The number of nitrogens with one attached hydrogen (secondary N) is 1. The molecular weight excluding hydrogens is 471 g/mol. The van der Waals surface area contributed by atoms with Gasteiger partial charge in [0.1, 0.15) is 5.82 Å². The number of aromatic amines is 1. The van der Waals surface area contributed by atoms with E-state index in [0.29, 0.717) is 28.7 Å². The third kappa shape index (κ3) is 3.79. The zero-order valence-corrected chi connectivity index (χ0v) is 20.7. The van der Waals surface area contributed by atoms with E-state index < -0.39 is 0 Å². The molecule has 0 bridgehead atoms. The third-order valence-corrected chi connectivity index (χ3v) is 6.90. The quantitative estimate of drug-likeness (QED) is 0.454. The number of anilines is 1. The number of hydrogen-bond acceptors (Lipinski definition) is 4. The van der Waals surface area contributed by atoms with E-state index in [9.17, 15) is 14.3 Å². The highest BCUT2D eigenvalue weighted by molar-refractivity contribution is 5.91. The molecule has 4 heterocycles. The fourth-order valence-electron chi connectivity index (χ4n) is 5.05. The molecule has 1 aliphatic heterocycles. The first-order chi connectivity index (χ1) is 17.8. The predicted octanol–water partition coefficient (Wildman–Crippen LogP) is 2.01. The van der Waals surface area contributed by atoms with Crippen LogP contribution in [0.25, 0.3) is 29.1 Å². The molecule has 1 aromatic carbocycles. The largest absolute Gasteiger partial charge is 0.494 e. The summed E-state index contributed by atoms with van der Waals surface area (Å²) in [5.74, 6) is -0.573. The fourth-order valence-corrected chi connectivity index (χ4v) is 5.05. The van der Waals surface area contributed by atoms with Crippen LogP contribution in [0, 0.1) is 12.7 Å². The minimum atomic E-state index is -0.305. The van der Waals surface area contributed by atoms with Gasteiger partial charge in [0.05, 0.1) is 34.4 Å². The molecule has 1 aliphatic carbocycles. The molecule has 2 aliphatic rings. The number of carbonyl (C=O) groups excluding carboxylic acids is 1. The van der Waals surface area contributed by atoms with E-state index in [2.05, 4.69) is 20.0 Å². The maximum absolute atomic E-state index is 13.6. The number of halogens is 1. The van der Waals surface area contributed by atoms with Crippen molar-refractivity contribution < 1.29 is 14.3 Å². The van der Waals surface area contributed by atoms with Gasteiger partial charge in [0.2, 0.25) is 0 Å². The van der Waals surface area contributed by atoms with Gasteiger partial charge >= 0.3 is 0 Å². The lowest BCUT2D eigenvalue weighted by molar-refractivity contribution is -0.117. The molecule has 0 saturated carbocycles. The van der Waals surface area contributed by atoms with E-state index >= 15 is 0 Å². The first-order valence-electron chi connectivity index (χ1n) is 11.9. The molecule has 0 unspecified atom stereocenters. The summed E-state index contributed by atoms with van der Waals surface area (Å²) in [6.45, 7) is 2.47. The summed E-state index contributed by atoms with van der Waals surface area (Å²) >= 11 is 0. The molecule has 4 aromatic rings. The van der Waals surface area contributed by atoms with Gasteiger partial charge in [-0.1, -0.05) is 0 Å². The van der Waals surface area contributed by atoms with Crippen LogP contribution in [0.3, 0.4) is 0 Å². The van der Waals surface area contributed by atoms with Gasteiger partial charge in [0.15, 0.2) is 5.88 Å². The van der Waals surface area contributed by atoms with Gasteiger partial charge in [0, 0.05) is 54.3 Å². The van der Waals surface area contributed by atoms with E-state index in [0.717, 1.165) is 33.3 Å². The highest BCUT2D eigenvalue weighted by Gasteiger charge is 2.25. The van der Waals surface area contributed by atoms with E-state index in [1.807, 2.05) is 56.1 Å². The lowest BCUT2D eigenvalue weighted by Gasteiger charge is -2.26. The maximum Gasteiger partial charge on any atom is 0.252 e. The summed E-state index contributed by atoms with van der Waals surface area (Å²) in [5, 5.41) is 17.6. The Balaban J connectivity index is 1.52. The monoisotopic (exact) mass is 496 g/mol. The number of pyridine rings is 1. The van der Waals surface area contributed by atoms with E-state index in [-0.39, 0.29) is 24.0 Å². The van der Waals surface area contributed by atoms with E-state index in [1.54, 1.807) is 22.9 Å². The van der Waals surface area contributed by atoms with Crippen molar-refractivity contribution in [3.05, 3.63) is 87.4 Å². The summed E-state index contributed by atoms with van der Waals surface area (Å²) < 4.78 is 17.3. The lowest BCUT2D eigenvalue weighted by Crippen LogP contribution is -2.39. The smallest absolute Gasteiger partial charge is 0.252 e. The molecule has 3 aromatic heterocycles. The molecule has 186 valence electrons. The standard InChI is InChI=1S/C28H25FN6O2/c1-16-14-18(32-34(16)3)15-24(36)30-21-10-12-33(2)27-20(21)8-9-23-25-22(31-28(37)26(25)27)11-13-35(23)19-6-4-17(29)5-7-19/h4-12,14,31,37H,13,15H2,1-3H3. The Hall–Kier alpha value is -4.66. The highest BCUT2D eigenvalue weighted by atomic mass is 19.1. The molecule has 2 N–H and O–H groups in total. The van der Waals surface area contributed by atoms with E-state index in [4.69, 9.17) is 0 Å². The SMILES string of the molecule is Cc1cc(CC(=O)N=c2ccn(C)c3c2C=CC2=c4c-3c(O)[nH]c4=CCN2c2ccc(F)cc2)nn1C. The summed E-state index contributed by atoms with van der Waals surface area (Å²) in [5.41, 5.74) is 5.39. The van der Waals surface area contributed by atoms with Crippen molar-refractivity contribution in [2.24, 2.45) is 19.1 Å². The van der Waals surface area contributed by atoms with Crippen molar-refractivity contribution in [2.75, 3.05) is 11.4 Å². The topological polar surface area (TPSA) is 91.4 Å². The van der Waals surface area contributed by atoms with Gasteiger partial charge < -0.3 is 19.6 Å². The number of aryl methyl sites for hydroxylation is 3. The maximum atomic E-state index is 13.6. The number of nitrogens with zero attached hydrogens (tertiary/aromatic N) is 5. The number of fused-ring (bicyclic) bond motifs is 2. The van der Waals surface area contributed by atoms with Gasteiger partial charge in [-0.25, -0.2) is 9.38 Å². The van der Waals surface area contributed by atoms with Crippen molar-refractivity contribution in [1.29, 1.82) is 0 Å². The number of aromatic hydroxyl groups is 1. The minimum Gasteiger partial charge on any atom is -0.494 e. The summed E-state index contributed by atoms with van der Waals surface area (Å²) in [4.78, 5) is 22.5. The average molecular weight is 497 g/mol. The molecule has 0 fully saturated rings.